The molecule has 11 heteroatoms. The van der Waals surface area contributed by atoms with Gasteiger partial charge >= 0.3 is 11.8 Å². The summed E-state index contributed by atoms with van der Waals surface area (Å²) in [7, 11) is 0. The van der Waals surface area contributed by atoms with Crippen molar-refractivity contribution in [3.8, 4) is 11.3 Å². The first-order valence-corrected chi connectivity index (χ1v) is 9.45. The van der Waals surface area contributed by atoms with Crippen molar-refractivity contribution in [3.63, 3.8) is 0 Å². The van der Waals surface area contributed by atoms with Crippen LogP contribution in [-0.4, -0.2) is 23.0 Å². The van der Waals surface area contributed by atoms with Gasteiger partial charge in [0.2, 0.25) is 0 Å². The highest BCUT2D eigenvalue weighted by molar-refractivity contribution is 6.42. The van der Waals surface area contributed by atoms with Gasteiger partial charge in [-0.25, -0.2) is 5.43 Å². The van der Waals surface area contributed by atoms with Crippen LogP contribution in [0.15, 0.2) is 58.0 Å². The summed E-state index contributed by atoms with van der Waals surface area (Å²) in [6.07, 6.45) is 1.22. The molecule has 9 nitrogen and oxygen atoms in total. The lowest BCUT2D eigenvalue weighted by atomic mass is 10.1. The van der Waals surface area contributed by atoms with Crippen LogP contribution in [0.4, 0.5) is 11.4 Å². The highest BCUT2D eigenvalue weighted by atomic mass is 35.5. The van der Waals surface area contributed by atoms with E-state index in [1.807, 2.05) is 0 Å². The number of anilines is 1. The summed E-state index contributed by atoms with van der Waals surface area (Å²) in [6, 6.07) is 12.1. The summed E-state index contributed by atoms with van der Waals surface area (Å²) in [5.74, 6) is -1.17. The molecule has 0 unspecified atom stereocenters. The number of amides is 2. The predicted molar refractivity (Wildman–Crippen MR) is 116 cm³/mol. The third-order valence-corrected chi connectivity index (χ3v) is 4.79. The number of nitrogens with zero attached hydrogens (tertiary/aromatic N) is 2. The Morgan fingerprint density at radius 1 is 1.06 bits per heavy atom. The van der Waals surface area contributed by atoms with Crippen LogP contribution in [0.1, 0.15) is 11.3 Å². The first-order chi connectivity index (χ1) is 14.7. The maximum absolute atomic E-state index is 11.9. The zero-order valence-corrected chi connectivity index (χ0v) is 17.4. The summed E-state index contributed by atoms with van der Waals surface area (Å²) in [4.78, 5) is 34.1. The van der Waals surface area contributed by atoms with Crippen molar-refractivity contribution in [3.05, 3.63) is 80.0 Å². The Kier molecular flexibility index (Phi) is 6.68. The molecule has 31 heavy (non-hydrogen) atoms. The molecule has 0 fully saturated rings. The van der Waals surface area contributed by atoms with E-state index < -0.39 is 16.7 Å². The fourth-order valence-electron chi connectivity index (χ4n) is 2.57. The molecule has 0 radical (unpaired) electrons. The number of rotatable bonds is 5. The molecule has 2 aromatic carbocycles. The molecule has 0 atom stereocenters. The van der Waals surface area contributed by atoms with Crippen LogP contribution in [0.3, 0.4) is 0 Å². The maximum atomic E-state index is 11.9. The van der Waals surface area contributed by atoms with Gasteiger partial charge in [-0.15, -0.1) is 0 Å². The van der Waals surface area contributed by atoms with E-state index in [1.54, 1.807) is 25.1 Å². The molecule has 0 spiro atoms. The van der Waals surface area contributed by atoms with Crippen LogP contribution in [0.25, 0.3) is 11.3 Å². The van der Waals surface area contributed by atoms with Crippen molar-refractivity contribution < 1.29 is 18.9 Å². The zero-order valence-electron chi connectivity index (χ0n) is 15.9. The lowest BCUT2D eigenvalue weighted by Gasteiger charge is -2.05. The topological polar surface area (TPSA) is 127 Å². The van der Waals surface area contributed by atoms with Crippen LogP contribution < -0.4 is 10.7 Å². The zero-order chi connectivity index (χ0) is 22.5. The van der Waals surface area contributed by atoms with Gasteiger partial charge in [-0.2, -0.15) is 5.10 Å². The molecule has 1 heterocycles. The van der Waals surface area contributed by atoms with Gasteiger partial charge in [-0.05, 0) is 48.9 Å². The number of furan rings is 1. The molecule has 158 valence electrons. The average molecular weight is 461 g/mol. The van der Waals surface area contributed by atoms with Crippen molar-refractivity contribution in [1.29, 1.82) is 0 Å². The van der Waals surface area contributed by atoms with E-state index in [9.17, 15) is 19.7 Å². The number of carbonyl (C=O) groups excluding carboxylic acids is 2. The monoisotopic (exact) mass is 460 g/mol. The highest BCUT2D eigenvalue weighted by Crippen LogP contribution is 2.28. The summed E-state index contributed by atoms with van der Waals surface area (Å²) >= 11 is 11.7. The minimum Gasteiger partial charge on any atom is -0.455 e. The Balaban J connectivity index is 1.61. The smallest absolute Gasteiger partial charge is 0.329 e. The number of non-ortho nitro benzene ring substituents is 1. The van der Waals surface area contributed by atoms with Gasteiger partial charge in [0, 0.05) is 23.4 Å². The van der Waals surface area contributed by atoms with E-state index in [4.69, 9.17) is 27.6 Å². The predicted octanol–water partition coefficient (Wildman–Crippen LogP) is 4.56. The van der Waals surface area contributed by atoms with Crippen LogP contribution in [0, 0.1) is 17.0 Å². The molecule has 0 aliphatic rings. The molecule has 0 aliphatic carbocycles. The van der Waals surface area contributed by atoms with Crippen LogP contribution in [0.5, 0.6) is 0 Å². The standard InChI is InChI=1S/C20H14Cl2N4O5/c1-11-8-13(26(29)30)3-5-15(11)18-7-4-14(31-18)10-23-25-20(28)19(27)24-12-2-6-16(21)17(22)9-12/h2-10H,1H3,(H,24,27)(H,25,28). The third kappa shape index (κ3) is 5.47. The van der Waals surface area contributed by atoms with Crippen molar-refractivity contribution in [2.75, 3.05) is 5.32 Å². The first kappa shape index (κ1) is 22.0. The molecule has 2 N–H and O–H groups in total. The number of benzene rings is 2. The van der Waals surface area contributed by atoms with E-state index in [2.05, 4.69) is 15.8 Å². The largest absolute Gasteiger partial charge is 0.455 e. The quantitative estimate of drug-likeness (QED) is 0.249. The van der Waals surface area contributed by atoms with Gasteiger partial charge in [0.1, 0.15) is 11.5 Å². The number of aryl methyl sites for hydroxylation is 1. The number of nitro benzene ring substituents is 1. The minimum atomic E-state index is -1.000. The molecule has 2 amide bonds. The Morgan fingerprint density at radius 2 is 1.84 bits per heavy atom. The fourth-order valence-corrected chi connectivity index (χ4v) is 2.87. The molecule has 0 bridgehead atoms. The number of halogens is 2. The van der Waals surface area contributed by atoms with E-state index in [0.29, 0.717) is 33.4 Å². The Hall–Kier alpha value is -3.69. The van der Waals surface area contributed by atoms with Crippen LogP contribution >= 0.6 is 23.2 Å². The SMILES string of the molecule is Cc1cc([N+](=O)[O-])ccc1-c1ccc(C=NNC(=O)C(=O)Nc2ccc(Cl)c(Cl)c2)o1. The summed E-state index contributed by atoms with van der Waals surface area (Å²) < 4.78 is 5.62. The Bertz CT molecular complexity index is 1210. The average Bonchev–Trinajstić information content (AvgIpc) is 3.19. The summed E-state index contributed by atoms with van der Waals surface area (Å²) in [5.41, 5.74) is 3.71. The molecule has 3 aromatic rings. The van der Waals surface area contributed by atoms with Crippen LogP contribution in [-0.2, 0) is 9.59 Å². The molecule has 0 saturated carbocycles. The van der Waals surface area contributed by atoms with E-state index >= 15 is 0 Å². The van der Waals surface area contributed by atoms with Gasteiger partial charge in [-0.1, -0.05) is 23.2 Å². The molecular weight excluding hydrogens is 447 g/mol. The van der Waals surface area contributed by atoms with Gasteiger partial charge in [0.25, 0.3) is 5.69 Å². The van der Waals surface area contributed by atoms with Gasteiger partial charge in [0.05, 0.1) is 21.2 Å². The second kappa shape index (κ2) is 9.41. The second-order valence-corrected chi connectivity index (χ2v) is 7.05. The number of hydrogen-bond acceptors (Lipinski definition) is 6. The second-order valence-electron chi connectivity index (χ2n) is 6.24. The van der Waals surface area contributed by atoms with Crippen molar-refractivity contribution in [2.45, 2.75) is 6.92 Å². The molecule has 0 aliphatic heterocycles. The number of carbonyl (C=O) groups is 2. The van der Waals surface area contributed by atoms with Gasteiger partial charge in [0.15, 0.2) is 0 Å². The molecule has 1 aromatic heterocycles. The van der Waals surface area contributed by atoms with E-state index in [0.717, 1.165) is 0 Å². The normalized spacial score (nSPS) is 10.8. The lowest BCUT2D eigenvalue weighted by Crippen LogP contribution is -2.32. The van der Waals surface area contributed by atoms with Crippen LogP contribution in [0.2, 0.25) is 10.0 Å². The molecule has 3 rings (SSSR count). The Labute approximate surface area is 185 Å². The van der Waals surface area contributed by atoms with Crippen molar-refractivity contribution in [1.82, 2.24) is 5.43 Å². The van der Waals surface area contributed by atoms with E-state index in [-0.39, 0.29) is 10.7 Å². The highest BCUT2D eigenvalue weighted by Gasteiger charge is 2.14. The summed E-state index contributed by atoms with van der Waals surface area (Å²) in [6.45, 7) is 1.73. The van der Waals surface area contributed by atoms with Crippen molar-refractivity contribution in [2.24, 2.45) is 5.10 Å². The fraction of sp³-hybridized carbons (Fsp3) is 0.0500. The first-order valence-electron chi connectivity index (χ1n) is 8.69. The number of nitro groups is 1. The number of hydrazone groups is 1. The van der Waals surface area contributed by atoms with Gasteiger partial charge in [-0.3, -0.25) is 19.7 Å². The lowest BCUT2D eigenvalue weighted by molar-refractivity contribution is -0.384. The minimum absolute atomic E-state index is 0.0172. The molecule has 0 saturated heterocycles. The number of nitrogens with one attached hydrogen (secondary N) is 2. The Morgan fingerprint density at radius 3 is 2.52 bits per heavy atom. The van der Waals surface area contributed by atoms with Gasteiger partial charge < -0.3 is 9.73 Å². The van der Waals surface area contributed by atoms with E-state index in [1.165, 1.54) is 36.5 Å². The third-order valence-electron chi connectivity index (χ3n) is 4.05. The molecular formula is C20H14Cl2N4O5. The van der Waals surface area contributed by atoms with Crippen molar-refractivity contribution >= 4 is 52.6 Å². The maximum Gasteiger partial charge on any atom is 0.329 e. The summed E-state index contributed by atoms with van der Waals surface area (Å²) in [5, 5.41) is 17.4. The number of hydrogen-bond donors (Lipinski definition) is 2.